The van der Waals surface area contributed by atoms with Gasteiger partial charge in [-0.15, -0.1) is 10.2 Å². The van der Waals surface area contributed by atoms with Crippen molar-refractivity contribution in [3.05, 3.63) is 41.9 Å². The van der Waals surface area contributed by atoms with Crippen LogP contribution in [0.5, 0.6) is 0 Å². The minimum Gasteiger partial charge on any atom is -0.328 e. The molecule has 25 heavy (non-hydrogen) atoms. The van der Waals surface area contributed by atoms with Crippen LogP contribution in [0.2, 0.25) is 0 Å². The fourth-order valence-electron chi connectivity index (χ4n) is 2.64. The molecular weight excluding hydrogens is 359 g/mol. The van der Waals surface area contributed by atoms with Crippen molar-refractivity contribution in [1.29, 1.82) is 0 Å². The molecule has 1 N–H and O–H groups in total. The van der Waals surface area contributed by atoms with Gasteiger partial charge < -0.3 is 10.2 Å². The van der Waals surface area contributed by atoms with Crippen molar-refractivity contribution in [1.82, 2.24) is 15.1 Å². The number of nitrogens with one attached hydrogen (secondary N) is 1. The lowest BCUT2D eigenvalue weighted by Gasteiger charge is -2.21. The minimum atomic E-state index is -0.342. The average Bonchev–Trinajstić information content (AvgIpc) is 3.28. The Bertz CT molecular complexity index is 778. The van der Waals surface area contributed by atoms with Gasteiger partial charge >= 0.3 is 0 Å². The number of anilines is 2. The predicted molar refractivity (Wildman–Crippen MR) is 99.6 cm³/mol. The monoisotopic (exact) mass is 378 g/mol. The van der Waals surface area contributed by atoms with Crippen LogP contribution in [0, 0.1) is 5.82 Å². The normalized spacial score (nSPS) is 13.6. The average molecular weight is 378 g/mol. The number of carbonyl (C=O) groups excluding carboxylic acids is 1. The second kappa shape index (κ2) is 8.44. The van der Waals surface area contributed by atoms with Crippen LogP contribution in [-0.4, -0.2) is 33.3 Å². The largest absolute Gasteiger partial charge is 0.328 e. The smallest absolute Gasteiger partial charge is 0.237 e. The number of benzene rings is 1. The molecule has 1 aromatic carbocycles. The third-order valence-corrected chi connectivity index (χ3v) is 5.78. The Hall–Kier alpha value is -1.93. The van der Waals surface area contributed by atoms with Crippen molar-refractivity contribution in [2.24, 2.45) is 0 Å². The molecule has 5 nitrogen and oxygen atoms in total. The summed E-state index contributed by atoms with van der Waals surface area (Å²) >= 11 is 2.67. The predicted octanol–water partition coefficient (Wildman–Crippen LogP) is 4.43. The summed E-state index contributed by atoms with van der Waals surface area (Å²) in [5.74, 6) is 0.0597. The number of halogens is 1. The number of hydrogen-bond donors (Lipinski definition) is 1. The van der Waals surface area contributed by atoms with E-state index < -0.39 is 0 Å². The Balaban J connectivity index is 1.56. The molecule has 3 rings (SSSR count). The maximum Gasteiger partial charge on any atom is 0.237 e. The van der Waals surface area contributed by atoms with E-state index in [0.29, 0.717) is 27.5 Å². The van der Waals surface area contributed by atoms with Crippen LogP contribution in [-0.2, 0) is 4.79 Å². The molecule has 1 aliphatic carbocycles. The standard InChI is InChI=1S/C17H19FN4OS2/c1-2-22(12-7-3-4-8-12)15(23)11-24-17-21-20-16(25-17)19-14-10-6-5-9-13(14)18/h5-7,9-10H,2-4,8,11H2,1H3,(H,19,20). The fourth-order valence-corrected chi connectivity index (χ4v) is 4.28. The molecule has 0 saturated heterocycles. The first kappa shape index (κ1) is 17.9. The molecule has 132 valence electrons. The molecule has 0 fully saturated rings. The van der Waals surface area contributed by atoms with E-state index in [-0.39, 0.29) is 11.7 Å². The van der Waals surface area contributed by atoms with Gasteiger partial charge in [-0.3, -0.25) is 4.79 Å². The highest BCUT2D eigenvalue weighted by Gasteiger charge is 2.19. The highest BCUT2D eigenvalue weighted by atomic mass is 32.2. The number of hydrogen-bond acceptors (Lipinski definition) is 6. The highest BCUT2D eigenvalue weighted by molar-refractivity contribution is 8.01. The zero-order chi connectivity index (χ0) is 17.6. The van der Waals surface area contributed by atoms with E-state index in [1.54, 1.807) is 18.2 Å². The van der Waals surface area contributed by atoms with Gasteiger partial charge in [-0.1, -0.05) is 41.3 Å². The van der Waals surface area contributed by atoms with Gasteiger partial charge in [0.05, 0.1) is 11.4 Å². The first-order chi connectivity index (χ1) is 12.2. The Kier molecular flexibility index (Phi) is 6.04. The molecule has 0 spiro atoms. The maximum absolute atomic E-state index is 13.6. The number of allylic oxidation sites excluding steroid dienone is 2. The van der Waals surface area contributed by atoms with E-state index in [4.69, 9.17) is 0 Å². The molecule has 1 amide bonds. The number of thioether (sulfide) groups is 1. The zero-order valence-corrected chi connectivity index (χ0v) is 15.5. The summed E-state index contributed by atoms with van der Waals surface area (Å²) in [6.07, 6.45) is 5.29. The lowest BCUT2D eigenvalue weighted by Crippen LogP contribution is -2.31. The van der Waals surface area contributed by atoms with Crippen molar-refractivity contribution in [3.8, 4) is 0 Å². The van der Waals surface area contributed by atoms with Crippen LogP contribution < -0.4 is 5.32 Å². The van der Waals surface area contributed by atoms with Gasteiger partial charge in [0.15, 0.2) is 4.34 Å². The Morgan fingerprint density at radius 2 is 2.24 bits per heavy atom. The zero-order valence-electron chi connectivity index (χ0n) is 13.9. The number of para-hydroxylation sites is 1. The SMILES string of the molecule is CCN(C(=O)CSc1nnc(Nc2ccccc2F)s1)C1=CCCC1. The molecule has 1 aliphatic rings. The van der Waals surface area contributed by atoms with Gasteiger partial charge in [-0.25, -0.2) is 4.39 Å². The van der Waals surface area contributed by atoms with Crippen LogP contribution in [0.15, 0.2) is 40.4 Å². The van der Waals surface area contributed by atoms with E-state index in [1.165, 1.54) is 29.2 Å². The van der Waals surface area contributed by atoms with Gasteiger partial charge in [0.2, 0.25) is 11.0 Å². The van der Waals surface area contributed by atoms with Crippen molar-refractivity contribution in [2.75, 3.05) is 17.6 Å². The molecular formula is C17H19FN4OS2. The van der Waals surface area contributed by atoms with Crippen LogP contribution in [0.1, 0.15) is 26.2 Å². The van der Waals surface area contributed by atoms with Gasteiger partial charge in [0, 0.05) is 12.2 Å². The first-order valence-corrected chi connectivity index (χ1v) is 9.95. The quantitative estimate of drug-likeness (QED) is 0.722. The summed E-state index contributed by atoms with van der Waals surface area (Å²) in [5, 5.41) is 11.5. The summed E-state index contributed by atoms with van der Waals surface area (Å²) in [7, 11) is 0. The van der Waals surface area contributed by atoms with Crippen LogP contribution in [0.25, 0.3) is 0 Å². The van der Waals surface area contributed by atoms with Gasteiger partial charge in [0.25, 0.3) is 0 Å². The third kappa shape index (κ3) is 4.58. The number of amides is 1. The summed E-state index contributed by atoms with van der Waals surface area (Å²) in [6.45, 7) is 2.67. The van der Waals surface area contributed by atoms with Crippen molar-refractivity contribution in [3.63, 3.8) is 0 Å². The van der Waals surface area contributed by atoms with E-state index in [0.717, 1.165) is 25.0 Å². The molecule has 0 aliphatic heterocycles. The molecule has 8 heteroatoms. The first-order valence-electron chi connectivity index (χ1n) is 8.14. The highest BCUT2D eigenvalue weighted by Crippen LogP contribution is 2.29. The van der Waals surface area contributed by atoms with Crippen molar-refractivity contribution < 1.29 is 9.18 Å². The lowest BCUT2D eigenvalue weighted by molar-refractivity contribution is -0.126. The topological polar surface area (TPSA) is 58.1 Å². The van der Waals surface area contributed by atoms with Crippen LogP contribution in [0.3, 0.4) is 0 Å². The Morgan fingerprint density at radius 3 is 2.96 bits per heavy atom. The van der Waals surface area contributed by atoms with Crippen LogP contribution >= 0.6 is 23.1 Å². The second-order valence-electron chi connectivity index (χ2n) is 5.49. The van der Waals surface area contributed by atoms with E-state index in [9.17, 15) is 9.18 Å². The van der Waals surface area contributed by atoms with Crippen LogP contribution in [0.4, 0.5) is 15.2 Å². The number of carbonyl (C=O) groups is 1. The molecule has 0 bridgehead atoms. The van der Waals surface area contributed by atoms with E-state index in [2.05, 4.69) is 21.6 Å². The third-order valence-electron chi connectivity index (χ3n) is 3.82. The maximum atomic E-state index is 13.6. The molecule has 2 aromatic rings. The molecule has 1 aromatic heterocycles. The molecule has 0 saturated carbocycles. The summed E-state index contributed by atoms with van der Waals surface area (Å²) in [4.78, 5) is 14.3. The fraction of sp³-hybridized carbons (Fsp3) is 0.353. The number of nitrogens with zero attached hydrogens (tertiary/aromatic N) is 3. The van der Waals surface area contributed by atoms with Crippen molar-refractivity contribution >= 4 is 39.8 Å². The second-order valence-corrected chi connectivity index (χ2v) is 7.69. The minimum absolute atomic E-state index is 0.0828. The summed E-state index contributed by atoms with van der Waals surface area (Å²) in [6, 6.07) is 6.40. The summed E-state index contributed by atoms with van der Waals surface area (Å²) < 4.78 is 14.3. The number of aromatic nitrogens is 2. The van der Waals surface area contributed by atoms with E-state index in [1.807, 2.05) is 11.8 Å². The number of rotatable bonds is 7. The van der Waals surface area contributed by atoms with Gasteiger partial charge in [0.1, 0.15) is 5.82 Å². The van der Waals surface area contributed by atoms with Gasteiger partial charge in [-0.05, 0) is 38.3 Å². The molecule has 0 radical (unpaired) electrons. The summed E-state index contributed by atoms with van der Waals surface area (Å²) in [5.41, 5.74) is 1.49. The Labute approximate surface area is 154 Å². The molecule has 1 heterocycles. The van der Waals surface area contributed by atoms with Crippen molar-refractivity contribution in [2.45, 2.75) is 30.5 Å². The van der Waals surface area contributed by atoms with E-state index >= 15 is 0 Å². The molecule has 0 unspecified atom stereocenters. The van der Waals surface area contributed by atoms with Gasteiger partial charge in [-0.2, -0.15) is 0 Å². The lowest BCUT2D eigenvalue weighted by atomic mass is 10.3. The Morgan fingerprint density at radius 1 is 1.40 bits per heavy atom. The molecule has 0 atom stereocenters.